The largest absolute Gasteiger partial charge is 0.342 e. The van der Waals surface area contributed by atoms with Crippen molar-refractivity contribution in [3.8, 4) is 0 Å². The lowest BCUT2D eigenvalue weighted by Crippen LogP contribution is -2.35. The van der Waals surface area contributed by atoms with E-state index in [0.29, 0.717) is 30.4 Å². The number of allylic oxidation sites excluding steroid dienone is 1. The summed E-state index contributed by atoms with van der Waals surface area (Å²) in [6, 6.07) is 0. The van der Waals surface area contributed by atoms with Gasteiger partial charge in [-0.15, -0.1) is 0 Å². The first-order chi connectivity index (χ1) is 8.65. The lowest BCUT2D eigenvalue weighted by atomic mass is 9.90. The monoisotopic (exact) mass is 247 g/mol. The molecule has 1 aliphatic carbocycles. The highest BCUT2D eigenvalue weighted by atomic mass is 16.2. The maximum Gasteiger partial charge on any atom is 0.222 e. The molecule has 1 amide bonds. The Bertz CT molecular complexity index is 424. The zero-order valence-corrected chi connectivity index (χ0v) is 11.1. The Labute approximate surface area is 108 Å². The molecule has 2 aliphatic heterocycles. The van der Waals surface area contributed by atoms with Crippen molar-refractivity contribution in [2.75, 3.05) is 13.1 Å². The van der Waals surface area contributed by atoms with E-state index in [2.05, 4.69) is 6.92 Å². The number of rotatable bonds is 0. The second-order valence-electron chi connectivity index (χ2n) is 6.11. The predicted octanol–water partition coefficient (Wildman–Crippen LogP) is 2.31. The summed E-state index contributed by atoms with van der Waals surface area (Å²) in [6.45, 7) is 3.81. The summed E-state index contributed by atoms with van der Waals surface area (Å²) in [6.07, 6.45) is 5.14. The molecule has 0 aromatic heterocycles. The highest BCUT2D eigenvalue weighted by Crippen LogP contribution is 2.40. The summed E-state index contributed by atoms with van der Waals surface area (Å²) in [5.74, 6) is 1.33. The van der Waals surface area contributed by atoms with E-state index in [0.717, 1.165) is 38.8 Å². The molecule has 18 heavy (non-hydrogen) atoms. The van der Waals surface area contributed by atoms with Crippen molar-refractivity contribution >= 4 is 11.7 Å². The first-order valence-corrected chi connectivity index (χ1v) is 7.16. The Morgan fingerprint density at radius 2 is 2.00 bits per heavy atom. The molecule has 0 saturated carbocycles. The zero-order valence-electron chi connectivity index (χ0n) is 11.1. The predicted molar refractivity (Wildman–Crippen MR) is 69.0 cm³/mol. The van der Waals surface area contributed by atoms with Crippen LogP contribution in [0.1, 0.15) is 45.4 Å². The van der Waals surface area contributed by atoms with Crippen LogP contribution in [0.2, 0.25) is 0 Å². The minimum Gasteiger partial charge on any atom is -0.342 e. The van der Waals surface area contributed by atoms with Crippen LogP contribution in [0.5, 0.6) is 0 Å². The fourth-order valence-electron chi connectivity index (χ4n) is 3.80. The SMILES string of the molecule is CC1CC(=O)N2CCCC3C(=O)CC(=C3CC2)C1. The summed E-state index contributed by atoms with van der Waals surface area (Å²) >= 11 is 0. The van der Waals surface area contributed by atoms with Gasteiger partial charge in [-0.2, -0.15) is 0 Å². The molecule has 2 bridgehead atoms. The standard InChI is InChI=1S/C15H21NO2/c1-10-7-11-9-14(17)13-3-2-5-16(15(18)8-10)6-4-12(11)13/h10,13H,2-9H2,1H3. The third kappa shape index (κ3) is 2.00. The lowest BCUT2D eigenvalue weighted by molar-refractivity contribution is -0.132. The number of hydrogen-bond donors (Lipinski definition) is 0. The quantitative estimate of drug-likeness (QED) is 0.616. The van der Waals surface area contributed by atoms with E-state index >= 15 is 0 Å². The van der Waals surface area contributed by atoms with Crippen molar-refractivity contribution in [1.29, 1.82) is 0 Å². The Morgan fingerprint density at radius 1 is 1.17 bits per heavy atom. The van der Waals surface area contributed by atoms with Gasteiger partial charge in [-0.1, -0.05) is 18.1 Å². The van der Waals surface area contributed by atoms with Gasteiger partial charge in [0, 0.05) is 31.8 Å². The van der Waals surface area contributed by atoms with E-state index in [1.807, 2.05) is 4.90 Å². The number of hydrogen-bond acceptors (Lipinski definition) is 2. The van der Waals surface area contributed by atoms with Gasteiger partial charge in [-0.05, 0) is 31.6 Å². The summed E-state index contributed by atoms with van der Waals surface area (Å²) in [4.78, 5) is 26.3. The van der Waals surface area contributed by atoms with E-state index < -0.39 is 0 Å². The van der Waals surface area contributed by atoms with Crippen molar-refractivity contribution in [3.63, 3.8) is 0 Å². The third-order valence-corrected chi connectivity index (χ3v) is 4.69. The summed E-state index contributed by atoms with van der Waals surface area (Å²) in [5.41, 5.74) is 2.76. The van der Waals surface area contributed by atoms with E-state index in [-0.39, 0.29) is 5.92 Å². The molecule has 2 unspecified atom stereocenters. The molecule has 0 N–H and O–H groups in total. The van der Waals surface area contributed by atoms with Crippen LogP contribution in [0, 0.1) is 11.8 Å². The van der Waals surface area contributed by atoms with Crippen molar-refractivity contribution in [1.82, 2.24) is 4.90 Å². The van der Waals surface area contributed by atoms with Crippen LogP contribution in [-0.4, -0.2) is 29.7 Å². The molecule has 3 aliphatic rings. The fraction of sp³-hybridized carbons (Fsp3) is 0.733. The Balaban J connectivity index is 1.96. The van der Waals surface area contributed by atoms with Crippen LogP contribution < -0.4 is 0 Å². The van der Waals surface area contributed by atoms with E-state index in [9.17, 15) is 9.59 Å². The first-order valence-electron chi connectivity index (χ1n) is 7.16. The number of amides is 1. The van der Waals surface area contributed by atoms with Crippen molar-refractivity contribution in [3.05, 3.63) is 11.1 Å². The topological polar surface area (TPSA) is 37.4 Å². The smallest absolute Gasteiger partial charge is 0.222 e. The van der Waals surface area contributed by atoms with Crippen LogP contribution in [-0.2, 0) is 9.59 Å². The molecule has 0 aromatic carbocycles. The molecule has 1 fully saturated rings. The number of fused-ring (bicyclic) bond motifs is 2. The molecular formula is C15H21NO2. The van der Waals surface area contributed by atoms with Gasteiger partial charge < -0.3 is 4.90 Å². The van der Waals surface area contributed by atoms with Crippen LogP contribution in [0.15, 0.2) is 11.1 Å². The molecule has 0 aromatic rings. The van der Waals surface area contributed by atoms with Gasteiger partial charge in [-0.3, -0.25) is 9.59 Å². The van der Waals surface area contributed by atoms with Crippen molar-refractivity contribution in [2.45, 2.75) is 45.4 Å². The molecule has 0 spiro atoms. The summed E-state index contributed by atoms with van der Waals surface area (Å²) in [5, 5.41) is 0. The van der Waals surface area contributed by atoms with Crippen LogP contribution in [0.4, 0.5) is 0 Å². The highest BCUT2D eigenvalue weighted by Gasteiger charge is 2.36. The molecule has 3 heteroatoms. The summed E-state index contributed by atoms with van der Waals surface area (Å²) in [7, 11) is 0. The maximum atomic E-state index is 12.2. The van der Waals surface area contributed by atoms with Crippen molar-refractivity contribution in [2.24, 2.45) is 11.8 Å². The normalized spacial score (nSPS) is 33.1. The van der Waals surface area contributed by atoms with Gasteiger partial charge in [0.05, 0.1) is 0 Å². The molecule has 0 radical (unpaired) electrons. The second-order valence-corrected chi connectivity index (χ2v) is 6.11. The lowest BCUT2D eigenvalue weighted by Gasteiger charge is -2.27. The van der Waals surface area contributed by atoms with Gasteiger partial charge in [0.2, 0.25) is 5.91 Å². The zero-order chi connectivity index (χ0) is 12.7. The highest BCUT2D eigenvalue weighted by molar-refractivity contribution is 5.90. The molecule has 2 heterocycles. The minimum absolute atomic E-state index is 0.197. The fourth-order valence-corrected chi connectivity index (χ4v) is 3.80. The van der Waals surface area contributed by atoms with Crippen LogP contribution >= 0.6 is 0 Å². The first kappa shape index (κ1) is 11.9. The molecule has 98 valence electrons. The number of ketones is 1. The number of carbonyl (C=O) groups is 2. The number of nitrogens with zero attached hydrogens (tertiary/aromatic N) is 1. The number of carbonyl (C=O) groups excluding carboxylic acids is 2. The van der Waals surface area contributed by atoms with Gasteiger partial charge >= 0.3 is 0 Å². The van der Waals surface area contributed by atoms with Gasteiger partial charge in [0.15, 0.2) is 0 Å². The van der Waals surface area contributed by atoms with Gasteiger partial charge in [0.1, 0.15) is 5.78 Å². The molecule has 3 rings (SSSR count). The molecular weight excluding hydrogens is 226 g/mol. The number of Topliss-reactive ketones (excluding diaryl/α,β-unsaturated/α-hetero) is 1. The van der Waals surface area contributed by atoms with E-state index in [1.54, 1.807) is 0 Å². The molecule has 1 saturated heterocycles. The van der Waals surface area contributed by atoms with Gasteiger partial charge in [-0.25, -0.2) is 0 Å². The van der Waals surface area contributed by atoms with Crippen LogP contribution in [0.3, 0.4) is 0 Å². The minimum atomic E-state index is 0.197. The third-order valence-electron chi connectivity index (χ3n) is 4.69. The van der Waals surface area contributed by atoms with E-state index in [1.165, 1.54) is 11.1 Å². The van der Waals surface area contributed by atoms with E-state index in [4.69, 9.17) is 0 Å². The maximum absolute atomic E-state index is 12.2. The van der Waals surface area contributed by atoms with Gasteiger partial charge in [0.25, 0.3) is 0 Å². The second kappa shape index (κ2) is 4.52. The van der Waals surface area contributed by atoms with Crippen LogP contribution in [0.25, 0.3) is 0 Å². The Hall–Kier alpha value is -1.12. The average molecular weight is 247 g/mol. The van der Waals surface area contributed by atoms with Crippen molar-refractivity contribution < 1.29 is 9.59 Å². The average Bonchev–Trinajstić information content (AvgIpc) is 2.53. The Morgan fingerprint density at radius 3 is 2.83 bits per heavy atom. The summed E-state index contributed by atoms with van der Waals surface area (Å²) < 4.78 is 0. The molecule has 2 atom stereocenters. The molecule has 3 nitrogen and oxygen atoms in total. The Kier molecular flexibility index (Phi) is 3.00.